The SMILES string of the molecule is Cc1cccc([Si](c2ccccc2)(c2ccccc2)c2ccccc2C(C)(C)C)c1. The Morgan fingerprint density at radius 3 is 1.57 bits per heavy atom. The van der Waals surface area contributed by atoms with Gasteiger partial charge >= 0.3 is 0 Å². The molecule has 0 aliphatic rings. The van der Waals surface area contributed by atoms with Crippen LogP contribution in [0.3, 0.4) is 0 Å². The van der Waals surface area contributed by atoms with Gasteiger partial charge in [-0.05, 0) is 38.6 Å². The van der Waals surface area contributed by atoms with Gasteiger partial charge in [-0.15, -0.1) is 0 Å². The van der Waals surface area contributed by atoms with Crippen LogP contribution in [0, 0.1) is 6.92 Å². The van der Waals surface area contributed by atoms with E-state index in [4.69, 9.17) is 0 Å². The Morgan fingerprint density at radius 1 is 0.533 bits per heavy atom. The topological polar surface area (TPSA) is 0 Å². The summed E-state index contributed by atoms with van der Waals surface area (Å²) in [6.07, 6.45) is 0. The van der Waals surface area contributed by atoms with Gasteiger partial charge in [0.2, 0.25) is 0 Å². The minimum Gasteiger partial charge on any atom is -0.0623 e. The lowest BCUT2D eigenvalue weighted by Crippen LogP contribution is -2.75. The molecule has 0 unspecified atom stereocenters. The van der Waals surface area contributed by atoms with E-state index in [1.54, 1.807) is 0 Å². The van der Waals surface area contributed by atoms with E-state index in [1.165, 1.54) is 31.9 Å². The fraction of sp³-hybridized carbons (Fsp3) is 0.172. The Kier molecular flexibility index (Phi) is 5.49. The van der Waals surface area contributed by atoms with Crippen LogP contribution in [0.5, 0.6) is 0 Å². The number of hydrogen-bond donors (Lipinski definition) is 0. The highest BCUT2D eigenvalue weighted by atomic mass is 28.3. The molecule has 4 aromatic rings. The lowest BCUT2D eigenvalue weighted by atomic mass is 9.87. The third-order valence-corrected chi connectivity index (χ3v) is 10.8. The van der Waals surface area contributed by atoms with E-state index in [1.807, 2.05) is 0 Å². The summed E-state index contributed by atoms with van der Waals surface area (Å²) in [5.41, 5.74) is 2.80. The Balaban J connectivity index is 2.21. The van der Waals surface area contributed by atoms with Gasteiger partial charge < -0.3 is 0 Å². The van der Waals surface area contributed by atoms with Crippen LogP contribution in [0.2, 0.25) is 0 Å². The predicted molar refractivity (Wildman–Crippen MR) is 133 cm³/mol. The second kappa shape index (κ2) is 8.08. The quantitative estimate of drug-likeness (QED) is 0.341. The first-order valence-electron chi connectivity index (χ1n) is 10.7. The van der Waals surface area contributed by atoms with Gasteiger partial charge in [0.25, 0.3) is 0 Å². The number of rotatable bonds is 4. The average Bonchev–Trinajstić information content (AvgIpc) is 2.76. The summed E-state index contributed by atoms with van der Waals surface area (Å²) >= 11 is 0. The van der Waals surface area contributed by atoms with Crippen molar-refractivity contribution in [3.63, 3.8) is 0 Å². The van der Waals surface area contributed by atoms with Crippen LogP contribution in [0.4, 0.5) is 0 Å². The molecule has 0 saturated heterocycles. The molecule has 4 aromatic carbocycles. The minimum atomic E-state index is -2.49. The number of benzene rings is 4. The summed E-state index contributed by atoms with van der Waals surface area (Å²) in [4.78, 5) is 0. The second-order valence-electron chi connectivity index (χ2n) is 9.15. The molecule has 0 radical (unpaired) electrons. The molecule has 0 amide bonds. The first kappa shape index (κ1) is 20.4. The van der Waals surface area contributed by atoms with E-state index in [-0.39, 0.29) is 5.41 Å². The van der Waals surface area contributed by atoms with Crippen LogP contribution in [-0.4, -0.2) is 8.07 Å². The van der Waals surface area contributed by atoms with Crippen molar-refractivity contribution in [2.45, 2.75) is 33.1 Å². The van der Waals surface area contributed by atoms with Crippen molar-refractivity contribution in [1.29, 1.82) is 0 Å². The molecule has 4 rings (SSSR count). The normalized spacial score (nSPS) is 12.0. The van der Waals surface area contributed by atoms with Crippen LogP contribution >= 0.6 is 0 Å². The molecule has 30 heavy (non-hydrogen) atoms. The molecule has 0 aromatic heterocycles. The first-order chi connectivity index (χ1) is 14.4. The maximum atomic E-state index is 2.41. The molecule has 0 nitrogen and oxygen atoms in total. The first-order valence-corrected chi connectivity index (χ1v) is 12.7. The van der Waals surface area contributed by atoms with Gasteiger partial charge in [-0.25, -0.2) is 0 Å². The fourth-order valence-electron chi connectivity index (χ4n) is 4.69. The summed E-state index contributed by atoms with van der Waals surface area (Å²) in [6, 6.07) is 40.6. The van der Waals surface area contributed by atoms with Crippen molar-refractivity contribution in [3.05, 3.63) is 120 Å². The maximum Gasteiger partial charge on any atom is 0.179 e. The van der Waals surface area contributed by atoms with E-state index < -0.39 is 8.07 Å². The molecular formula is C29H30Si. The third kappa shape index (κ3) is 3.55. The van der Waals surface area contributed by atoms with Gasteiger partial charge in [0.15, 0.2) is 8.07 Å². The van der Waals surface area contributed by atoms with E-state index in [0.717, 1.165) is 0 Å². The van der Waals surface area contributed by atoms with E-state index in [2.05, 4.69) is 137 Å². The van der Waals surface area contributed by atoms with Crippen molar-refractivity contribution in [2.75, 3.05) is 0 Å². The summed E-state index contributed by atoms with van der Waals surface area (Å²) < 4.78 is 0. The van der Waals surface area contributed by atoms with Crippen molar-refractivity contribution in [2.24, 2.45) is 0 Å². The highest BCUT2D eigenvalue weighted by Crippen LogP contribution is 2.23. The number of hydrogen-bond acceptors (Lipinski definition) is 0. The van der Waals surface area contributed by atoms with Crippen LogP contribution < -0.4 is 20.7 Å². The van der Waals surface area contributed by atoms with E-state index >= 15 is 0 Å². The van der Waals surface area contributed by atoms with Gasteiger partial charge in [0.05, 0.1) is 0 Å². The fourth-order valence-corrected chi connectivity index (χ4v) is 10.0. The van der Waals surface area contributed by atoms with Gasteiger partial charge in [-0.2, -0.15) is 0 Å². The van der Waals surface area contributed by atoms with Crippen LogP contribution in [0.1, 0.15) is 31.9 Å². The maximum absolute atomic E-state index is 2.49. The van der Waals surface area contributed by atoms with Crippen molar-refractivity contribution >= 4 is 28.8 Å². The lowest BCUT2D eigenvalue weighted by Gasteiger charge is -2.38. The Labute approximate surface area is 182 Å². The van der Waals surface area contributed by atoms with E-state index in [9.17, 15) is 0 Å². The van der Waals surface area contributed by atoms with Crippen molar-refractivity contribution in [3.8, 4) is 0 Å². The summed E-state index contributed by atoms with van der Waals surface area (Å²) in [5.74, 6) is 0. The van der Waals surface area contributed by atoms with Gasteiger partial charge in [0.1, 0.15) is 0 Å². The highest BCUT2D eigenvalue weighted by Gasteiger charge is 2.43. The van der Waals surface area contributed by atoms with Crippen molar-refractivity contribution < 1.29 is 0 Å². The molecule has 0 aliphatic carbocycles. The smallest absolute Gasteiger partial charge is 0.0623 e. The van der Waals surface area contributed by atoms with Crippen LogP contribution in [-0.2, 0) is 5.41 Å². The zero-order valence-corrected chi connectivity index (χ0v) is 19.4. The van der Waals surface area contributed by atoms with Crippen LogP contribution in [0.25, 0.3) is 0 Å². The Bertz CT molecular complexity index is 1080. The van der Waals surface area contributed by atoms with Gasteiger partial charge in [-0.3, -0.25) is 0 Å². The minimum absolute atomic E-state index is 0.0578. The lowest BCUT2D eigenvalue weighted by molar-refractivity contribution is 0.594. The highest BCUT2D eigenvalue weighted by molar-refractivity contribution is 7.20. The standard InChI is InChI=1S/C29H30Si/c1-23-14-13-19-26(22-23)30(24-15-7-5-8-16-24,25-17-9-6-10-18-25)28-21-12-11-20-27(28)29(2,3)4/h5-22H,1-4H3. The Hall–Kier alpha value is -2.90. The molecule has 0 aliphatic heterocycles. The molecular weight excluding hydrogens is 376 g/mol. The Morgan fingerprint density at radius 2 is 1.03 bits per heavy atom. The van der Waals surface area contributed by atoms with Crippen molar-refractivity contribution in [1.82, 2.24) is 0 Å². The van der Waals surface area contributed by atoms with Gasteiger partial charge in [0, 0.05) is 0 Å². The summed E-state index contributed by atoms with van der Waals surface area (Å²) in [6.45, 7) is 9.19. The third-order valence-electron chi connectivity index (χ3n) is 6.00. The summed E-state index contributed by atoms with van der Waals surface area (Å²) in [7, 11) is -2.49. The largest absolute Gasteiger partial charge is 0.179 e. The molecule has 0 heterocycles. The monoisotopic (exact) mass is 406 g/mol. The molecule has 0 N–H and O–H groups in total. The van der Waals surface area contributed by atoms with Gasteiger partial charge in [-0.1, -0.05) is 136 Å². The van der Waals surface area contributed by atoms with E-state index in [0.29, 0.717) is 0 Å². The number of aryl methyl sites for hydroxylation is 1. The molecule has 0 bridgehead atoms. The summed E-state index contributed by atoms with van der Waals surface area (Å²) in [5, 5.41) is 5.79. The second-order valence-corrected chi connectivity index (χ2v) is 12.9. The average molecular weight is 407 g/mol. The predicted octanol–water partition coefficient (Wildman–Crippen LogP) is 4.67. The molecule has 150 valence electrons. The molecule has 0 atom stereocenters. The molecule has 0 fully saturated rings. The zero-order valence-electron chi connectivity index (χ0n) is 18.4. The molecule has 0 saturated carbocycles. The molecule has 1 heteroatoms. The van der Waals surface area contributed by atoms with Crippen LogP contribution in [0.15, 0.2) is 109 Å². The zero-order chi connectivity index (χ0) is 21.2. The molecule has 0 spiro atoms.